The molecule has 44 nitrogen and oxygen atoms in total. The Hall–Kier alpha value is -13.2. The summed E-state index contributed by atoms with van der Waals surface area (Å²) in [5.74, 6) is -33.0. The van der Waals surface area contributed by atoms with Gasteiger partial charge in [-0.05, 0) is 49.9 Å². The predicted molar refractivity (Wildman–Crippen MR) is 394 cm³/mol. The molecule has 24 N–H and O–H groups in total. The lowest BCUT2D eigenvalue weighted by Gasteiger charge is -2.30. The van der Waals surface area contributed by atoms with E-state index in [1.807, 2.05) is 42.5 Å². The summed E-state index contributed by atoms with van der Waals surface area (Å²) in [5.41, 5.74) is 12.2. The van der Waals surface area contributed by atoms with Crippen LogP contribution in [0.5, 0.6) is 0 Å². The Morgan fingerprint density at radius 1 is 0.522 bits per heavy atom. The molecule has 2 heterocycles. The van der Waals surface area contributed by atoms with Crippen LogP contribution in [-0.4, -0.2) is 252 Å². The molecule has 4 rings (SSSR count). The number of aromatic nitrogens is 1. The van der Waals surface area contributed by atoms with Crippen LogP contribution in [-0.2, 0) is 107 Å². The van der Waals surface area contributed by atoms with Crippen LogP contribution in [0.1, 0.15) is 140 Å². The molecule has 0 spiro atoms. The van der Waals surface area contributed by atoms with Crippen molar-refractivity contribution in [3.8, 4) is 0 Å². The standard InChI is InChI=1S/C71H96N16O28/c1-5-6-7-8-9-10-11-20-51(91)78-41(22-36-29-74-40-19-15-13-16-37(36)40)64(107)82-42(24-50(73)90)65(108)84-46(28-58(102)103)67(110)87-60-35(4)115-71(114)47(23-49(89)38-17-12-14-18-39(38)72)85-70(113)59(33(2)21-54(94)95)86-68(111)48(32-88)80-53(93)30-75-62(105)43(25-55(96)97)81-61(104)34(3)77-63(106)45(27-57(100)101)83-66(109)44(26-56(98)99)79-52(92)31-76-69(60)112/h12-19,29,33-35,41-48,59-60,74,88H,5-11,20-28,30-32,72H2,1-4H3,(H2,73,90)(H,75,105)(H,76,112)(H,77,106)(H,78,91)(H,79,92)(H,80,93)(H,81,104)(H,82,107)(H,83,109)(H,84,108)(H,85,113)(H,86,111)(H,87,110)(H,94,95)(H,96,97)(H,98,99)(H,100,101)(H,102,103)/t33-,34+,35+,41-,42-,43-,44-,45-,46-,47-,48+,59-,60-/m0/s1. The molecule has 0 saturated carbocycles. The highest BCUT2D eigenvalue weighted by molar-refractivity contribution is 6.05. The lowest BCUT2D eigenvalue weighted by Crippen LogP contribution is -2.62. The second-order valence-corrected chi connectivity index (χ2v) is 26.9. The maximum atomic E-state index is 14.8. The molecule has 1 aromatic heterocycles. The molecule has 0 aliphatic carbocycles. The van der Waals surface area contributed by atoms with Crippen molar-refractivity contribution in [3.05, 3.63) is 65.9 Å². The highest BCUT2D eigenvalue weighted by Gasteiger charge is 2.41. The summed E-state index contributed by atoms with van der Waals surface area (Å²) in [4.78, 5) is 287. The number of carboxylic acids is 5. The molecule has 44 heteroatoms. The lowest BCUT2D eigenvalue weighted by molar-refractivity contribution is -0.156. The van der Waals surface area contributed by atoms with Gasteiger partial charge in [0.1, 0.15) is 72.6 Å². The Balaban J connectivity index is 1.88. The molecule has 2 aromatic carbocycles. The molecule has 1 aliphatic rings. The number of aliphatic hydroxyl groups is 1. The zero-order valence-electron chi connectivity index (χ0n) is 63.0. The van der Waals surface area contributed by atoms with Gasteiger partial charge in [-0.1, -0.05) is 82.7 Å². The highest BCUT2D eigenvalue weighted by Crippen LogP contribution is 2.21. The molecule has 628 valence electrons. The van der Waals surface area contributed by atoms with Gasteiger partial charge in [0, 0.05) is 47.6 Å². The minimum atomic E-state index is -2.53. The first kappa shape index (κ1) is 94.2. The van der Waals surface area contributed by atoms with E-state index >= 15 is 0 Å². The number of aliphatic carboxylic acids is 5. The van der Waals surface area contributed by atoms with Crippen LogP contribution in [0.25, 0.3) is 10.9 Å². The number of rotatable bonds is 34. The van der Waals surface area contributed by atoms with Crippen LogP contribution in [0.2, 0.25) is 0 Å². The van der Waals surface area contributed by atoms with Crippen LogP contribution >= 0.6 is 0 Å². The van der Waals surface area contributed by atoms with Gasteiger partial charge in [0.05, 0.1) is 58.2 Å². The van der Waals surface area contributed by atoms with E-state index in [4.69, 9.17) is 16.2 Å². The molecule has 13 atom stereocenters. The second-order valence-electron chi connectivity index (χ2n) is 26.9. The summed E-state index contributed by atoms with van der Waals surface area (Å²) in [6.45, 7) is 0.914. The second kappa shape index (κ2) is 46.6. The predicted octanol–water partition coefficient (Wildman–Crippen LogP) is -5.89. The largest absolute Gasteiger partial charge is 0.481 e. The molecule has 14 amide bonds. The van der Waals surface area contributed by atoms with Gasteiger partial charge < -0.3 is 121 Å². The number of aromatic amines is 1. The van der Waals surface area contributed by atoms with E-state index in [9.17, 15) is 131 Å². The molecule has 0 unspecified atom stereocenters. The van der Waals surface area contributed by atoms with Crippen molar-refractivity contribution in [1.29, 1.82) is 0 Å². The van der Waals surface area contributed by atoms with E-state index in [0.29, 0.717) is 29.3 Å². The van der Waals surface area contributed by atoms with Gasteiger partial charge in [-0.2, -0.15) is 0 Å². The van der Waals surface area contributed by atoms with Crippen LogP contribution in [0.4, 0.5) is 5.69 Å². The van der Waals surface area contributed by atoms with Crippen molar-refractivity contribution in [2.24, 2.45) is 11.7 Å². The number of esters is 1. The first-order chi connectivity index (χ1) is 54.2. The van der Waals surface area contributed by atoms with Gasteiger partial charge in [0.15, 0.2) is 5.78 Å². The lowest BCUT2D eigenvalue weighted by atomic mass is 9.96. The number of primary amides is 1. The maximum absolute atomic E-state index is 14.8. The number of ether oxygens (including phenoxy) is 1. The summed E-state index contributed by atoms with van der Waals surface area (Å²) in [7, 11) is 0. The number of hydrogen-bond acceptors (Lipinski definition) is 24. The van der Waals surface area contributed by atoms with E-state index < -0.39 is 267 Å². The normalized spacial score (nSPS) is 21.1. The van der Waals surface area contributed by atoms with Crippen molar-refractivity contribution in [1.82, 2.24) is 74.1 Å². The van der Waals surface area contributed by atoms with Gasteiger partial charge in [0.2, 0.25) is 82.7 Å². The molecule has 0 bridgehead atoms. The fraction of sp³-hybridized carbons (Fsp3) is 0.507. The number of aliphatic hydroxyl groups excluding tert-OH is 1. The number of benzene rings is 2. The molecule has 0 radical (unpaired) electrons. The summed E-state index contributed by atoms with van der Waals surface area (Å²) in [6.07, 6.45) is -3.73. The molecule has 1 saturated heterocycles. The Labute approximate surface area is 654 Å². The van der Waals surface area contributed by atoms with Crippen LogP contribution in [0, 0.1) is 5.92 Å². The Bertz CT molecular complexity index is 4110. The van der Waals surface area contributed by atoms with Gasteiger partial charge in [-0.15, -0.1) is 0 Å². The summed E-state index contributed by atoms with van der Waals surface area (Å²) in [5, 5.41) is 87.2. The number of carboxylic acid groups (broad SMARTS) is 5. The van der Waals surface area contributed by atoms with Gasteiger partial charge in [-0.3, -0.25) is 95.9 Å². The van der Waals surface area contributed by atoms with Crippen LogP contribution in [0.3, 0.4) is 0 Å². The Morgan fingerprint density at radius 3 is 1.61 bits per heavy atom. The minimum Gasteiger partial charge on any atom is -0.481 e. The number of nitrogens with two attached hydrogens (primary N) is 2. The average molecular weight is 1620 g/mol. The number of H-pyrrole nitrogens is 1. The fourth-order valence-electron chi connectivity index (χ4n) is 11.5. The number of nitrogen functional groups attached to an aromatic ring is 1. The molecular weight excluding hydrogens is 1520 g/mol. The monoisotopic (exact) mass is 1620 g/mol. The van der Waals surface area contributed by atoms with E-state index in [0.717, 1.165) is 58.9 Å². The van der Waals surface area contributed by atoms with E-state index in [-0.39, 0.29) is 24.1 Å². The van der Waals surface area contributed by atoms with Crippen molar-refractivity contribution in [3.63, 3.8) is 0 Å². The number of fused-ring (bicyclic) bond motifs is 1. The number of carbonyl (C=O) groups is 21. The molecule has 3 aromatic rings. The van der Waals surface area contributed by atoms with E-state index in [1.54, 1.807) is 30.5 Å². The Morgan fingerprint density at radius 2 is 1.03 bits per heavy atom. The fourth-order valence-corrected chi connectivity index (χ4v) is 11.5. The maximum Gasteiger partial charge on any atom is 0.329 e. The highest BCUT2D eigenvalue weighted by atomic mass is 16.5. The van der Waals surface area contributed by atoms with Gasteiger partial charge >= 0.3 is 35.8 Å². The zero-order chi connectivity index (χ0) is 85.9. The molecular formula is C71H96N16O28. The SMILES string of the molecule is CCCCCCCCCC(=O)N[C@@H](Cc1c[nH]c2ccccc12)C(=O)N[C@@H](CC(N)=O)C(=O)N[C@@H](CC(=O)O)C(=O)N[C@@H]1C(=O)NCC(=O)N[C@@H](CC(=O)O)C(=O)N[C@@H](CC(=O)O)C(=O)N[C@H](C)C(=O)N[C@@H](CC(=O)O)C(=O)NCC(=O)N[C@H](CO)C(=O)N[C@@H]([C@@H](C)CC(=O)O)C(=O)N[C@@H](CC(=O)c2ccccc2N)C(=O)O[C@@H]1C. The topological polar surface area (TPSA) is 713 Å². The van der Waals surface area contributed by atoms with Crippen molar-refractivity contribution in [2.45, 2.75) is 203 Å². The van der Waals surface area contributed by atoms with E-state index in [2.05, 4.69) is 38.5 Å². The third kappa shape index (κ3) is 32.2. The smallest absolute Gasteiger partial charge is 0.329 e. The van der Waals surface area contributed by atoms with Crippen LogP contribution < -0.4 is 80.6 Å². The number of hydrogen-bond donors (Lipinski definition) is 22. The number of anilines is 1. The summed E-state index contributed by atoms with van der Waals surface area (Å²) in [6, 6.07) is -11.8. The number of carbonyl (C=O) groups excluding carboxylic acids is 16. The summed E-state index contributed by atoms with van der Waals surface area (Å²) >= 11 is 0. The number of nitrogens with one attached hydrogen (secondary N) is 14. The zero-order valence-corrected chi connectivity index (χ0v) is 63.0. The first-order valence-electron chi connectivity index (χ1n) is 36.2. The van der Waals surface area contributed by atoms with E-state index in [1.165, 1.54) is 18.2 Å². The first-order valence-corrected chi connectivity index (χ1v) is 36.2. The number of para-hydroxylation sites is 2. The third-order valence-electron chi connectivity index (χ3n) is 17.5. The number of cyclic esters (lactones) is 1. The molecule has 1 fully saturated rings. The number of ketones is 1. The number of Topliss-reactive ketones (excluding diaryl/α,β-unsaturated/α-hetero) is 1. The van der Waals surface area contributed by atoms with Crippen molar-refractivity contribution < 1.29 is 136 Å². The number of unbranched alkanes of at least 4 members (excludes halogenated alkanes) is 6. The van der Waals surface area contributed by atoms with Gasteiger partial charge in [0.25, 0.3) is 0 Å². The summed E-state index contributed by atoms with van der Waals surface area (Å²) < 4.78 is 5.63. The Kier molecular flexibility index (Phi) is 38.2. The van der Waals surface area contributed by atoms with Gasteiger partial charge in [-0.25, -0.2) is 4.79 Å². The average Bonchev–Trinajstić information content (AvgIpc) is 1.70. The number of amides is 14. The quantitative estimate of drug-likeness (QED) is 0.0115. The van der Waals surface area contributed by atoms with Crippen LogP contribution in [0.15, 0.2) is 54.7 Å². The van der Waals surface area contributed by atoms with Crippen molar-refractivity contribution >= 4 is 141 Å². The molecule has 1 aliphatic heterocycles. The van der Waals surface area contributed by atoms with Crippen molar-refractivity contribution in [2.75, 3.05) is 25.4 Å². The molecule has 115 heavy (non-hydrogen) atoms. The minimum absolute atomic E-state index is 0.0349. The third-order valence-corrected chi connectivity index (χ3v) is 17.5.